The van der Waals surface area contributed by atoms with Gasteiger partial charge in [0.05, 0.1) is 21.4 Å². The third-order valence-electron chi connectivity index (χ3n) is 7.12. The quantitative estimate of drug-likeness (QED) is 0.521. The molecule has 7 nitrogen and oxygen atoms in total. The number of nitro groups is 1. The van der Waals surface area contributed by atoms with Crippen LogP contribution in [0.3, 0.4) is 0 Å². The van der Waals surface area contributed by atoms with Crippen LogP contribution in [0.25, 0.3) is 0 Å². The number of hydrogen-bond donors (Lipinski definition) is 0. The SMILES string of the molecule is Cc1ccc(S(=O)(=O)C2(C#N)Cc3cc([N+](=O)[O-])ccc3N(C)C23CCCCC3)cc1. The maximum absolute atomic E-state index is 14.1. The van der Waals surface area contributed by atoms with E-state index in [2.05, 4.69) is 6.07 Å². The van der Waals surface area contributed by atoms with Crippen molar-refractivity contribution in [3.63, 3.8) is 0 Å². The Kier molecular flexibility index (Phi) is 5.05. The molecule has 0 bridgehead atoms. The maximum Gasteiger partial charge on any atom is 0.269 e. The van der Waals surface area contributed by atoms with Crippen LogP contribution in [0.15, 0.2) is 47.4 Å². The molecule has 1 unspecified atom stereocenters. The van der Waals surface area contributed by atoms with E-state index in [1.807, 2.05) is 18.9 Å². The van der Waals surface area contributed by atoms with Crippen molar-refractivity contribution in [1.82, 2.24) is 0 Å². The fourth-order valence-corrected chi connectivity index (χ4v) is 7.64. The van der Waals surface area contributed by atoms with Crippen molar-refractivity contribution in [3.8, 4) is 6.07 Å². The predicted octanol–water partition coefficient (Wildman–Crippen LogP) is 4.33. The highest BCUT2D eigenvalue weighted by atomic mass is 32.2. The molecule has 1 spiro atoms. The summed E-state index contributed by atoms with van der Waals surface area (Å²) in [4.78, 5) is 12.9. The van der Waals surface area contributed by atoms with E-state index >= 15 is 0 Å². The molecule has 2 aromatic carbocycles. The lowest BCUT2D eigenvalue weighted by atomic mass is 9.67. The van der Waals surface area contributed by atoms with E-state index in [1.165, 1.54) is 12.1 Å². The summed E-state index contributed by atoms with van der Waals surface area (Å²) in [5.41, 5.74) is 1.21. The van der Waals surface area contributed by atoms with Crippen LogP contribution in [0.4, 0.5) is 11.4 Å². The van der Waals surface area contributed by atoms with Gasteiger partial charge in [0.15, 0.2) is 14.6 Å². The van der Waals surface area contributed by atoms with Gasteiger partial charge in [-0.3, -0.25) is 10.1 Å². The lowest BCUT2D eigenvalue weighted by Gasteiger charge is -2.57. The molecule has 4 rings (SSSR count). The number of sulfone groups is 1. The van der Waals surface area contributed by atoms with Crippen molar-refractivity contribution >= 4 is 21.2 Å². The summed E-state index contributed by atoms with van der Waals surface area (Å²) in [6.07, 6.45) is 3.76. The van der Waals surface area contributed by atoms with Crippen molar-refractivity contribution in [1.29, 1.82) is 5.26 Å². The molecular weight excluding hydrogens is 414 g/mol. The van der Waals surface area contributed by atoms with Crippen LogP contribution in [0, 0.1) is 28.4 Å². The first-order chi connectivity index (χ1) is 14.7. The van der Waals surface area contributed by atoms with Gasteiger partial charge in [-0.25, -0.2) is 8.42 Å². The molecule has 1 fully saturated rings. The predicted molar refractivity (Wildman–Crippen MR) is 118 cm³/mol. The Morgan fingerprint density at radius 2 is 1.74 bits per heavy atom. The Morgan fingerprint density at radius 3 is 2.32 bits per heavy atom. The molecule has 0 N–H and O–H groups in total. The highest BCUT2D eigenvalue weighted by Gasteiger charge is 2.65. The molecule has 1 saturated carbocycles. The topological polar surface area (TPSA) is 104 Å². The zero-order valence-corrected chi connectivity index (χ0v) is 18.5. The van der Waals surface area contributed by atoms with Crippen LogP contribution in [-0.2, 0) is 16.3 Å². The van der Waals surface area contributed by atoms with Crippen LogP contribution in [0.1, 0.15) is 43.2 Å². The molecule has 1 aliphatic carbocycles. The highest BCUT2D eigenvalue weighted by Crippen LogP contribution is 2.54. The van der Waals surface area contributed by atoms with E-state index in [-0.39, 0.29) is 17.0 Å². The largest absolute Gasteiger partial charge is 0.366 e. The summed E-state index contributed by atoms with van der Waals surface area (Å²) in [6.45, 7) is 1.88. The number of aryl methyl sites for hydroxylation is 1. The van der Waals surface area contributed by atoms with Gasteiger partial charge in [0.25, 0.3) is 5.69 Å². The minimum Gasteiger partial charge on any atom is -0.366 e. The first kappa shape index (κ1) is 21.3. The lowest BCUT2D eigenvalue weighted by Crippen LogP contribution is -2.70. The zero-order valence-electron chi connectivity index (χ0n) is 17.7. The minimum atomic E-state index is -4.08. The molecule has 31 heavy (non-hydrogen) atoms. The van der Waals surface area contributed by atoms with Crippen LogP contribution in [0.5, 0.6) is 0 Å². The number of nitriles is 1. The summed E-state index contributed by atoms with van der Waals surface area (Å²) in [7, 11) is -2.25. The fraction of sp³-hybridized carbons (Fsp3) is 0.435. The van der Waals surface area contributed by atoms with Crippen LogP contribution in [0.2, 0.25) is 0 Å². The van der Waals surface area contributed by atoms with Crippen molar-refractivity contribution in [2.75, 3.05) is 11.9 Å². The van der Waals surface area contributed by atoms with Crippen LogP contribution in [-0.4, -0.2) is 30.7 Å². The number of fused-ring (bicyclic) bond motifs is 1. The Hall–Kier alpha value is -2.92. The maximum atomic E-state index is 14.1. The Labute approximate surface area is 182 Å². The molecule has 1 heterocycles. The average molecular weight is 440 g/mol. The van der Waals surface area contributed by atoms with Gasteiger partial charge < -0.3 is 4.90 Å². The molecule has 0 saturated heterocycles. The van der Waals surface area contributed by atoms with Crippen molar-refractivity contribution in [2.24, 2.45) is 0 Å². The monoisotopic (exact) mass is 439 g/mol. The third-order valence-corrected chi connectivity index (χ3v) is 9.55. The number of hydrogen-bond acceptors (Lipinski definition) is 6. The fourth-order valence-electron chi connectivity index (χ4n) is 5.43. The first-order valence-electron chi connectivity index (χ1n) is 10.4. The summed E-state index contributed by atoms with van der Waals surface area (Å²) in [6, 6.07) is 13.4. The normalized spacial score (nSPS) is 22.5. The van der Waals surface area contributed by atoms with Gasteiger partial charge in [0.1, 0.15) is 0 Å². The number of benzene rings is 2. The summed E-state index contributed by atoms with van der Waals surface area (Å²) >= 11 is 0. The van der Waals surface area contributed by atoms with Crippen LogP contribution < -0.4 is 4.90 Å². The molecule has 0 radical (unpaired) electrons. The number of non-ortho nitro benzene ring substituents is 1. The molecule has 162 valence electrons. The molecule has 0 amide bonds. The molecule has 2 aliphatic rings. The highest BCUT2D eigenvalue weighted by molar-refractivity contribution is 7.93. The average Bonchev–Trinajstić information content (AvgIpc) is 2.76. The number of anilines is 1. The Balaban J connectivity index is 2.00. The lowest BCUT2D eigenvalue weighted by molar-refractivity contribution is -0.384. The van der Waals surface area contributed by atoms with E-state index < -0.39 is 25.0 Å². The number of nitro benzene ring substituents is 1. The second-order valence-corrected chi connectivity index (χ2v) is 10.8. The Bertz CT molecular complexity index is 1180. The molecule has 0 aromatic heterocycles. The standard InChI is InChI=1S/C23H25N3O4S/c1-17-6-9-20(10-7-17)31(29,30)23(16-24)15-18-14-19(26(27)28)8-11-21(18)25(2)22(23)12-4-3-5-13-22/h6-11,14H,3-5,12-13,15H2,1-2H3. The van der Waals surface area contributed by atoms with Crippen molar-refractivity contribution < 1.29 is 13.3 Å². The Morgan fingerprint density at radius 1 is 1.10 bits per heavy atom. The van der Waals surface area contributed by atoms with E-state index in [4.69, 9.17) is 0 Å². The molecule has 2 aromatic rings. The smallest absolute Gasteiger partial charge is 0.269 e. The molecule has 8 heteroatoms. The number of nitrogens with zero attached hydrogens (tertiary/aromatic N) is 3. The minimum absolute atomic E-state index is 0.0684. The van der Waals surface area contributed by atoms with E-state index in [9.17, 15) is 23.8 Å². The van der Waals surface area contributed by atoms with Crippen molar-refractivity contribution in [3.05, 3.63) is 63.7 Å². The van der Waals surface area contributed by atoms with Gasteiger partial charge in [-0.05, 0) is 43.5 Å². The van der Waals surface area contributed by atoms with Gasteiger partial charge in [0, 0.05) is 31.3 Å². The van der Waals surface area contributed by atoms with Crippen LogP contribution >= 0.6 is 0 Å². The second-order valence-electron chi connectivity index (χ2n) is 8.65. The summed E-state index contributed by atoms with van der Waals surface area (Å²) < 4.78 is 26.5. The van der Waals surface area contributed by atoms with Gasteiger partial charge >= 0.3 is 0 Å². The van der Waals surface area contributed by atoms with Gasteiger partial charge in [-0.2, -0.15) is 5.26 Å². The second kappa shape index (κ2) is 7.34. The zero-order chi connectivity index (χ0) is 22.4. The molecule has 1 atom stereocenters. The first-order valence-corrected chi connectivity index (χ1v) is 11.9. The third kappa shape index (κ3) is 2.94. The summed E-state index contributed by atoms with van der Waals surface area (Å²) in [5.74, 6) is 0. The molecule has 1 aliphatic heterocycles. The van der Waals surface area contributed by atoms with Gasteiger partial charge in [-0.1, -0.05) is 37.0 Å². The van der Waals surface area contributed by atoms with E-state index in [1.54, 1.807) is 30.3 Å². The van der Waals surface area contributed by atoms with Crippen molar-refractivity contribution in [2.45, 2.75) is 60.6 Å². The van der Waals surface area contributed by atoms with E-state index in [0.717, 1.165) is 30.5 Å². The van der Waals surface area contributed by atoms with Gasteiger partial charge in [0.2, 0.25) is 0 Å². The van der Waals surface area contributed by atoms with Gasteiger partial charge in [-0.15, -0.1) is 0 Å². The summed E-state index contributed by atoms with van der Waals surface area (Å²) in [5, 5.41) is 21.9. The van der Waals surface area contributed by atoms with E-state index in [0.29, 0.717) is 18.4 Å². The number of rotatable bonds is 3. The molecular formula is C23H25N3O4S.